The minimum absolute atomic E-state index is 0.101. The Morgan fingerprint density at radius 3 is 2.50 bits per heavy atom. The molecule has 0 fully saturated rings. The fourth-order valence-electron chi connectivity index (χ4n) is 1.95. The van der Waals surface area contributed by atoms with E-state index in [1.54, 1.807) is 7.11 Å². The van der Waals surface area contributed by atoms with E-state index in [0.717, 1.165) is 30.8 Å². The van der Waals surface area contributed by atoms with Crippen LogP contribution in [-0.2, 0) is 4.79 Å². The van der Waals surface area contributed by atoms with Gasteiger partial charge in [0.05, 0.1) is 13.7 Å². The van der Waals surface area contributed by atoms with E-state index >= 15 is 0 Å². The van der Waals surface area contributed by atoms with E-state index in [9.17, 15) is 4.79 Å². The highest BCUT2D eigenvalue weighted by atomic mass is 16.5. The van der Waals surface area contributed by atoms with E-state index in [1.165, 1.54) is 0 Å². The Morgan fingerprint density at radius 2 is 1.90 bits per heavy atom. The first-order valence-electron chi connectivity index (χ1n) is 7.22. The number of methoxy groups -OCH3 is 1. The van der Waals surface area contributed by atoms with Gasteiger partial charge in [0, 0.05) is 12.5 Å². The second-order valence-corrected chi connectivity index (χ2v) is 4.88. The zero-order valence-electron chi connectivity index (χ0n) is 12.6. The first-order chi connectivity index (χ1) is 9.65. The van der Waals surface area contributed by atoms with Gasteiger partial charge in [-0.3, -0.25) is 4.79 Å². The predicted octanol–water partition coefficient (Wildman–Crippen LogP) is 3.16. The van der Waals surface area contributed by atoms with Crippen molar-refractivity contribution in [1.82, 2.24) is 5.32 Å². The lowest BCUT2D eigenvalue weighted by molar-refractivity contribution is -0.121. The standard InChI is InChI=1S/C16H25NO3/c1-4-6-13(2)17-16(18)7-5-12-20-15-10-8-14(19-3)9-11-15/h8-11,13H,4-7,12H2,1-3H3,(H,17,18). The van der Waals surface area contributed by atoms with Crippen LogP contribution in [0.4, 0.5) is 0 Å². The van der Waals surface area contributed by atoms with Crippen molar-refractivity contribution in [3.05, 3.63) is 24.3 Å². The number of ether oxygens (including phenoxy) is 2. The van der Waals surface area contributed by atoms with Crippen molar-refractivity contribution in [3.63, 3.8) is 0 Å². The Kier molecular flexibility index (Phi) is 7.55. The molecule has 1 rings (SSSR count). The Morgan fingerprint density at radius 1 is 1.25 bits per heavy atom. The number of rotatable bonds is 9. The number of benzene rings is 1. The van der Waals surface area contributed by atoms with Crippen LogP contribution in [-0.4, -0.2) is 25.7 Å². The van der Waals surface area contributed by atoms with Gasteiger partial charge >= 0.3 is 0 Å². The largest absolute Gasteiger partial charge is 0.497 e. The van der Waals surface area contributed by atoms with Crippen molar-refractivity contribution in [2.24, 2.45) is 0 Å². The molecule has 1 aromatic rings. The molecule has 1 amide bonds. The molecule has 1 aromatic carbocycles. The van der Waals surface area contributed by atoms with Crippen LogP contribution < -0.4 is 14.8 Å². The third-order valence-corrected chi connectivity index (χ3v) is 3.01. The fraction of sp³-hybridized carbons (Fsp3) is 0.562. The fourth-order valence-corrected chi connectivity index (χ4v) is 1.95. The van der Waals surface area contributed by atoms with E-state index in [4.69, 9.17) is 9.47 Å². The smallest absolute Gasteiger partial charge is 0.220 e. The van der Waals surface area contributed by atoms with Gasteiger partial charge in [0.15, 0.2) is 0 Å². The molecule has 1 atom stereocenters. The average molecular weight is 279 g/mol. The molecule has 20 heavy (non-hydrogen) atoms. The van der Waals surface area contributed by atoms with E-state index < -0.39 is 0 Å². The van der Waals surface area contributed by atoms with Crippen LogP contribution >= 0.6 is 0 Å². The summed E-state index contributed by atoms with van der Waals surface area (Å²) in [7, 11) is 1.63. The minimum Gasteiger partial charge on any atom is -0.497 e. The zero-order valence-corrected chi connectivity index (χ0v) is 12.6. The highest BCUT2D eigenvalue weighted by molar-refractivity contribution is 5.76. The molecule has 112 valence electrons. The molecule has 1 N–H and O–H groups in total. The number of nitrogens with one attached hydrogen (secondary N) is 1. The summed E-state index contributed by atoms with van der Waals surface area (Å²) in [5.41, 5.74) is 0. The lowest BCUT2D eigenvalue weighted by Crippen LogP contribution is -2.32. The van der Waals surface area contributed by atoms with Crippen molar-refractivity contribution in [1.29, 1.82) is 0 Å². The molecule has 0 heterocycles. The molecule has 0 aromatic heterocycles. The summed E-state index contributed by atoms with van der Waals surface area (Å²) in [6.45, 7) is 4.70. The highest BCUT2D eigenvalue weighted by Crippen LogP contribution is 2.17. The Labute approximate surface area is 121 Å². The quantitative estimate of drug-likeness (QED) is 0.706. The van der Waals surface area contributed by atoms with Crippen molar-refractivity contribution >= 4 is 5.91 Å². The number of carbonyl (C=O) groups excluding carboxylic acids is 1. The summed E-state index contributed by atoms with van der Waals surface area (Å²) >= 11 is 0. The normalized spacial score (nSPS) is 11.8. The number of carbonyl (C=O) groups is 1. The SMILES string of the molecule is CCCC(C)NC(=O)CCCOc1ccc(OC)cc1. The van der Waals surface area contributed by atoms with Gasteiger partial charge in [-0.05, 0) is 44.0 Å². The van der Waals surface area contributed by atoms with Gasteiger partial charge in [0.1, 0.15) is 11.5 Å². The lowest BCUT2D eigenvalue weighted by atomic mass is 10.2. The summed E-state index contributed by atoms with van der Waals surface area (Å²) < 4.78 is 10.6. The van der Waals surface area contributed by atoms with Crippen LogP contribution in [0.3, 0.4) is 0 Å². The van der Waals surface area contributed by atoms with Crippen molar-refractivity contribution in [2.45, 2.75) is 45.6 Å². The third kappa shape index (κ3) is 6.45. The van der Waals surface area contributed by atoms with Gasteiger partial charge in [-0.15, -0.1) is 0 Å². The van der Waals surface area contributed by atoms with E-state index in [0.29, 0.717) is 13.0 Å². The molecule has 4 nitrogen and oxygen atoms in total. The summed E-state index contributed by atoms with van der Waals surface area (Å²) in [6.07, 6.45) is 3.33. The second-order valence-electron chi connectivity index (χ2n) is 4.88. The van der Waals surface area contributed by atoms with Gasteiger partial charge in [-0.1, -0.05) is 13.3 Å². The van der Waals surface area contributed by atoms with Crippen LogP contribution in [0.25, 0.3) is 0 Å². The molecule has 0 aliphatic carbocycles. The summed E-state index contributed by atoms with van der Waals surface area (Å²) in [6, 6.07) is 7.70. The first-order valence-corrected chi connectivity index (χ1v) is 7.22. The Hall–Kier alpha value is -1.71. The zero-order chi connectivity index (χ0) is 14.8. The highest BCUT2D eigenvalue weighted by Gasteiger charge is 2.06. The number of hydrogen-bond donors (Lipinski definition) is 1. The monoisotopic (exact) mass is 279 g/mol. The molecule has 0 aliphatic heterocycles. The van der Waals surface area contributed by atoms with Crippen LogP contribution in [0, 0.1) is 0 Å². The van der Waals surface area contributed by atoms with Gasteiger partial charge in [-0.25, -0.2) is 0 Å². The third-order valence-electron chi connectivity index (χ3n) is 3.01. The molecule has 0 aliphatic rings. The molecule has 4 heteroatoms. The van der Waals surface area contributed by atoms with Gasteiger partial charge in [-0.2, -0.15) is 0 Å². The molecule has 0 saturated carbocycles. The molecule has 0 spiro atoms. The Bertz CT molecular complexity index is 389. The molecular weight excluding hydrogens is 254 g/mol. The van der Waals surface area contributed by atoms with E-state index in [2.05, 4.69) is 12.2 Å². The maximum absolute atomic E-state index is 11.6. The number of amides is 1. The molecule has 0 radical (unpaired) electrons. The topological polar surface area (TPSA) is 47.6 Å². The second kappa shape index (κ2) is 9.23. The van der Waals surface area contributed by atoms with Crippen molar-refractivity contribution < 1.29 is 14.3 Å². The number of hydrogen-bond acceptors (Lipinski definition) is 3. The van der Waals surface area contributed by atoms with Crippen molar-refractivity contribution in [2.75, 3.05) is 13.7 Å². The maximum atomic E-state index is 11.6. The van der Waals surface area contributed by atoms with Crippen LogP contribution in [0.15, 0.2) is 24.3 Å². The maximum Gasteiger partial charge on any atom is 0.220 e. The van der Waals surface area contributed by atoms with Gasteiger partial charge in [0.25, 0.3) is 0 Å². The first kappa shape index (κ1) is 16.3. The average Bonchev–Trinajstić information content (AvgIpc) is 2.44. The van der Waals surface area contributed by atoms with E-state index in [1.807, 2.05) is 31.2 Å². The van der Waals surface area contributed by atoms with E-state index in [-0.39, 0.29) is 11.9 Å². The lowest BCUT2D eigenvalue weighted by Gasteiger charge is -2.12. The van der Waals surface area contributed by atoms with Crippen LogP contribution in [0.1, 0.15) is 39.5 Å². The molecular formula is C16H25NO3. The molecule has 0 bridgehead atoms. The van der Waals surface area contributed by atoms with Gasteiger partial charge < -0.3 is 14.8 Å². The summed E-state index contributed by atoms with van der Waals surface area (Å²) in [4.78, 5) is 11.6. The predicted molar refractivity (Wildman–Crippen MR) is 80.2 cm³/mol. The summed E-state index contributed by atoms with van der Waals surface area (Å²) in [5, 5.41) is 2.98. The van der Waals surface area contributed by atoms with Crippen molar-refractivity contribution in [3.8, 4) is 11.5 Å². The van der Waals surface area contributed by atoms with Gasteiger partial charge in [0.2, 0.25) is 5.91 Å². The summed E-state index contributed by atoms with van der Waals surface area (Å²) in [5.74, 6) is 1.71. The van der Waals surface area contributed by atoms with Crippen LogP contribution in [0.5, 0.6) is 11.5 Å². The van der Waals surface area contributed by atoms with Crippen LogP contribution in [0.2, 0.25) is 0 Å². The Balaban J connectivity index is 2.16. The molecule has 1 unspecified atom stereocenters. The minimum atomic E-state index is 0.101. The molecule has 0 saturated heterocycles.